The first-order valence-electron chi connectivity index (χ1n) is 9.27. The van der Waals surface area contributed by atoms with Crippen LogP contribution in [-0.4, -0.2) is 43.5 Å². The van der Waals surface area contributed by atoms with Gasteiger partial charge in [-0.3, -0.25) is 14.4 Å². The maximum atomic E-state index is 13.0. The standard InChI is InChI=1S/C19H21F3N2O4/c1-2-28-18(27)12-5-4-8-23(11-12)15-10-16(25)24(17(15)26)14-7-3-6-13(9-14)19(20,21)22/h3,6-7,9,12,15H,2,4-5,8,10-11H2,1H3/p+1/t12-,15-/m1/s1. The third kappa shape index (κ3) is 4.04. The van der Waals surface area contributed by atoms with E-state index in [1.54, 1.807) is 6.92 Å². The largest absolute Gasteiger partial charge is 0.466 e. The van der Waals surface area contributed by atoms with E-state index in [0.29, 0.717) is 25.9 Å². The molecule has 2 heterocycles. The highest BCUT2D eigenvalue weighted by Gasteiger charge is 2.48. The van der Waals surface area contributed by atoms with Crippen molar-refractivity contribution in [1.29, 1.82) is 0 Å². The van der Waals surface area contributed by atoms with Crippen LogP contribution in [0.5, 0.6) is 0 Å². The summed E-state index contributed by atoms with van der Waals surface area (Å²) in [5.74, 6) is -1.70. The Morgan fingerprint density at radius 2 is 2.07 bits per heavy atom. The molecule has 3 atom stereocenters. The van der Waals surface area contributed by atoms with Crippen LogP contribution in [0.25, 0.3) is 0 Å². The summed E-state index contributed by atoms with van der Waals surface area (Å²) < 4.78 is 43.9. The molecule has 2 aliphatic heterocycles. The second-order valence-corrected chi connectivity index (χ2v) is 7.08. The van der Waals surface area contributed by atoms with Crippen molar-refractivity contribution in [1.82, 2.24) is 0 Å². The van der Waals surface area contributed by atoms with E-state index >= 15 is 0 Å². The van der Waals surface area contributed by atoms with E-state index in [9.17, 15) is 27.6 Å². The Morgan fingerprint density at radius 1 is 1.32 bits per heavy atom. The van der Waals surface area contributed by atoms with Crippen LogP contribution in [0.4, 0.5) is 18.9 Å². The Hall–Kier alpha value is -2.42. The zero-order valence-corrected chi connectivity index (χ0v) is 15.4. The molecule has 28 heavy (non-hydrogen) atoms. The first kappa shape index (κ1) is 20.3. The number of quaternary nitrogens is 1. The lowest BCUT2D eigenvalue weighted by Gasteiger charge is -2.31. The fourth-order valence-corrected chi connectivity index (χ4v) is 3.92. The summed E-state index contributed by atoms with van der Waals surface area (Å²) in [7, 11) is 0. The van der Waals surface area contributed by atoms with E-state index in [2.05, 4.69) is 0 Å². The molecular formula is C19H22F3N2O4+. The molecule has 0 spiro atoms. The number of benzene rings is 1. The van der Waals surface area contributed by atoms with Crippen LogP contribution < -0.4 is 9.80 Å². The number of esters is 1. The van der Waals surface area contributed by atoms with Gasteiger partial charge in [0, 0.05) is 0 Å². The number of anilines is 1. The van der Waals surface area contributed by atoms with Crippen LogP contribution in [0.2, 0.25) is 0 Å². The highest BCUT2D eigenvalue weighted by Crippen LogP contribution is 2.33. The van der Waals surface area contributed by atoms with Gasteiger partial charge in [-0.1, -0.05) is 6.07 Å². The SMILES string of the molecule is CCOC(=O)[C@@H]1CCC[NH+]([C@@H]2CC(=O)N(c3cccc(C(F)(F)F)c3)C2=O)C1. The molecule has 1 unspecified atom stereocenters. The lowest BCUT2D eigenvalue weighted by Crippen LogP contribution is -3.18. The molecule has 3 rings (SSSR count). The molecule has 0 aromatic heterocycles. The normalized spacial score (nSPS) is 25.9. The molecule has 2 aliphatic rings. The summed E-state index contributed by atoms with van der Waals surface area (Å²) in [6.07, 6.45) is -3.28. The highest BCUT2D eigenvalue weighted by molar-refractivity contribution is 6.21. The fourth-order valence-electron chi connectivity index (χ4n) is 3.92. The fraction of sp³-hybridized carbons (Fsp3) is 0.526. The number of imide groups is 1. The summed E-state index contributed by atoms with van der Waals surface area (Å²) in [6, 6.07) is 3.51. The van der Waals surface area contributed by atoms with E-state index in [1.807, 2.05) is 0 Å². The zero-order valence-electron chi connectivity index (χ0n) is 15.4. The lowest BCUT2D eigenvalue weighted by molar-refractivity contribution is -0.922. The number of amides is 2. The number of halogens is 3. The van der Waals surface area contributed by atoms with Crippen molar-refractivity contribution in [2.75, 3.05) is 24.6 Å². The van der Waals surface area contributed by atoms with Crippen molar-refractivity contribution in [3.05, 3.63) is 29.8 Å². The number of rotatable bonds is 4. The Morgan fingerprint density at radius 3 is 2.75 bits per heavy atom. The Labute approximate surface area is 160 Å². The minimum atomic E-state index is -4.56. The molecule has 2 saturated heterocycles. The first-order valence-corrected chi connectivity index (χ1v) is 9.27. The summed E-state index contributed by atoms with van der Waals surface area (Å²) in [6.45, 7) is 2.99. The molecule has 1 N–H and O–H groups in total. The van der Waals surface area contributed by atoms with Gasteiger partial charge < -0.3 is 9.64 Å². The topological polar surface area (TPSA) is 68.1 Å². The Kier molecular flexibility index (Phi) is 5.74. The molecule has 1 aromatic carbocycles. The predicted molar refractivity (Wildman–Crippen MR) is 92.4 cm³/mol. The molecule has 0 saturated carbocycles. The minimum Gasteiger partial charge on any atom is -0.466 e. The van der Waals surface area contributed by atoms with Crippen LogP contribution in [0.15, 0.2) is 24.3 Å². The number of carbonyl (C=O) groups is 3. The maximum Gasteiger partial charge on any atom is 0.416 e. The Balaban J connectivity index is 1.78. The van der Waals surface area contributed by atoms with E-state index < -0.39 is 29.6 Å². The van der Waals surface area contributed by atoms with Gasteiger partial charge >= 0.3 is 12.1 Å². The van der Waals surface area contributed by atoms with Gasteiger partial charge in [0.15, 0.2) is 6.04 Å². The predicted octanol–water partition coefficient (Wildman–Crippen LogP) is 1.20. The van der Waals surface area contributed by atoms with Gasteiger partial charge in [0.05, 0.1) is 37.4 Å². The van der Waals surface area contributed by atoms with Crippen LogP contribution in [0.1, 0.15) is 31.7 Å². The molecule has 2 amide bonds. The number of alkyl halides is 3. The second-order valence-electron chi connectivity index (χ2n) is 7.08. The van der Waals surface area contributed by atoms with Crippen molar-refractivity contribution in [2.24, 2.45) is 5.92 Å². The zero-order chi connectivity index (χ0) is 20.5. The smallest absolute Gasteiger partial charge is 0.416 e. The minimum absolute atomic E-state index is 0.0781. The van der Waals surface area contributed by atoms with Crippen molar-refractivity contribution < 1.29 is 37.2 Å². The van der Waals surface area contributed by atoms with E-state index in [0.717, 1.165) is 21.9 Å². The van der Waals surface area contributed by atoms with Gasteiger partial charge in [0.2, 0.25) is 5.91 Å². The highest BCUT2D eigenvalue weighted by atomic mass is 19.4. The van der Waals surface area contributed by atoms with Crippen LogP contribution in [0, 0.1) is 5.92 Å². The molecule has 0 aliphatic carbocycles. The van der Waals surface area contributed by atoms with Gasteiger partial charge in [-0.25, -0.2) is 4.90 Å². The quantitative estimate of drug-likeness (QED) is 0.610. The van der Waals surface area contributed by atoms with Crippen LogP contribution in [-0.2, 0) is 25.3 Å². The summed E-state index contributed by atoms with van der Waals surface area (Å²) >= 11 is 0. The molecule has 9 heteroatoms. The van der Waals surface area contributed by atoms with Crippen LogP contribution >= 0.6 is 0 Å². The third-order valence-corrected chi connectivity index (χ3v) is 5.25. The third-order valence-electron chi connectivity index (χ3n) is 5.25. The van der Waals surface area contributed by atoms with E-state index in [1.165, 1.54) is 12.1 Å². The lowest BCUT2D eigenvalue weighted by atomic mass is 9.96. The number of nitrogens with zero attached hydrogens (tertiary/aromatic N) is 1. The van der Waals surface area contributed by atoms with Gasteiger partial charge in [-0.2, -0.15) is 13.2 Å². The Bertz CT molecular complexity index is 781. The summed E-state index contributed by atoms with van der Waals surface area (Å²) in [5, 5.41) is 0. The van der Waals surface area contributed by atoms with Gasteiger partial charge in [-0.05, 0) is 38.0 Å². The second kappa shape index (κ2) is 7.90. The van der Waals surface area contributed by atoms with E-state index in [-0.39, 0.29) is 30.6 Å². The van der Waals surface area contributed by atoms with E-state index in [4.69, 9.17) is 4.74 Å². The number of ether oxygens (including phenoxy) is 1. The van der Waals surface area contributed by atoms with Gasteiger partial charge in [0.25, 0.3) is 5.91 Å². The average Bonchev–Trinajstić information content (AvgIpc) is 2.96. The number of carbonyl (C=O) groups excluding carboxylic acids is 3. The van der Waals surface area contributed by atoms with Crippen LogP contribution in [0.3, 0.4) is 0 Å². The first-order chi connectivity index (χ1) is 13.2. The number of hydrogen-bond donors (Lipinski definition) is 1. The summed E-state index contributed by atoms with van der Waals surface area (Å²) in [4.78, 5) is 39.0. The number of hydrogen-bond acceptors (Lipinski definition) is 4. The monoisotopic (exact) mass is 399 g/mol. The molecule has 0 bridgehead atoms. The van der Waals surface area contributed by atoms with Crippen molar-refractivity contribution in [3.63, 3.8) is 0 Å². The van der Waals surface area contributed by atoms with Crippen molar-refractivity contribution in [3.8, 4) is 0 Å². The number of nitrogens with one attached hydrogen (secondary N) is 1. The summed E-state index contributed by atoms with van der Waals surface area (Å²) in [5.41, 5.74) is -0.993. The van der Waals surface area contributed by atoms with Gasteiger partial charge in [0.1, 0.15) is 5.92 Å². The number of likely N-dealkylation sites (tertiary alicyclic amines) is 1. The molecule has 0 radical (unpaired) electrons. The van der Waals surface area contributed by atoms with Gasteiger partial charge in [-0.15, -0.1) is 0 Å². The molecule has 1 aromatic rings. The number of piperidine rings is 1. The van der Waals surface area contributed by atoms with Crippen molar-refractivity contribution in [2.45, 2.75) is 38.4 Å². The molecule has 6 nitrogen and oxygen atoms in total. The van der Waals surface area contributed by atoms with Crippen molar-refractivity contribution >= 4 is 23.5 Å². The molecule has 2 fully saturated rings. The maximum absolute atomic E-state index is 13.0. The molecule has 152 valence electrons. The average molecular weight is 399 g/mol. The molecular weight excluding hydrogens is 377 g/mol.